The Morgan fingerprint density at radius 2 is 1.65 bits per heavy atom. The Morgan fingerprint density at radius 1 is 1.05 bits per heavy atom. The van der Waals surface area contributed by atoms with Crippen molar-refractivity contribution < 1.29 is 0 Å². The minimum atomic E-state index is -1.28. The number of nitrogens with one attached hydrogen (secondary N) is 1. The summed E-state index contributed by atoms with van der Waals surface area (Å²) in [5.41, 5.74) is 5.92. The van der Waals surface area contributed by atoms with E-state index in [0.29, 0.717) is 12.1 Å². The molecule has 0 amide bonds. The minimum absolute atomic E-state index is 0.695. The molecule has 0 aliphatic carbocycles. The number of anilines is 1. The van der Waals surface area contributed by atoms with E-state index >= 15 is 0 Å². The fourth-order valence-electron chi connectivity index (χ4n) is 3.02. The summed E-state index contributed by atoms with van der Waals surface area (Å²) in [6.45, 7) is 9.15. The molecule has 3 rings (SSSR count). The van der Waals surface area contributed by atoms with E-state index in [-0.39, 0.29) is 0 Å². The van der Waals surface area contributed by atoms with Crippen LogP contribution in [0.3, 0.4) is 0 Å². The number of hydrogen-bond acceptors (Lipinski definition) is 2. The summed E-state index contributed by atoms with van der Waals surface area (Å²) in [6.07, 6.45) is 2.67. The van der Waals surface area contributed by atoms with Gasteiger partial charge in [0.1, 0.15) is 8.07 Å². The Bertz CT molecular complexity index is 521. The summed E-state index contributed by atoms with van der Waals surface area (Å²) in [5, 5.41) is 3.68. The van der Waals surface area contributed by atoms with Gasteiger partial charge < -0.3 is 10.2 Å². The van der Waals surface area contributed by atoms with Gasteiger partial charge in [0.15, 0.2) is 0 Å². The van der Waals surface area contributed by atoms with E-state index in [0.717, 1.165) is 18.7 Å². The number of nitrogens with zero attached hydrogens (tertiary/aromatic N) is 1. The quantitative estimate of drug-likeness (QED) is 0.630. The van der Waals surface area contributed by atoms with E-state index in [4.69, 9.17) is 0 Å². The van der Waals surface area contributed by atoms with Crippen molar-refractivity contribution in [3.05, 3.63) is 29.8 Å². The normalized spacial score (nSPS) is 25.2. The first kappa shape index (κ1) is 13.7. The van der Waals surface area contributed by atoms with Gasteiger partial charge in [-0.05, 0) is 37.1 Å². The third-order valence-electron chi connectivity index (χ3n) is 4.03. The van der Waals surface area contributed by atoms with Crippen LogP contribution in [0, 0.1) is 11.5 Å². The van der Waals surface area contributed by atoms with Gasteiger partial charge in [0.2, 0.25) is 0 Å². The molecule has 0 saturated carbocycles. The predicted molar refractivity (Wildman–Crippen MR) is 88.8 cm³/mol. The Hall–Kier alpha value is -1.24. The van der Waals surface area contributed by atoms with E-state index in [1.165, 1.54) is 18.5 Å². The molecule has 2 fully saturated rings. The fraction of sp³-hybridized carbons (Fsp3) is 0.529. The first-order chi connectivity index (χ1) is 9.49. The highest BCUT2D eigenvalue weighted by Crippen LogP contribution is 2.25. The third kappa shape index (κ3) is 3.25. The van der Waals surface area contributed by atoms with Crippen LogP contribution in [0.5, 0.6) is 0 Å². The van der Waals surface area contributed by atoms with Crippen molar-refractivity contribution in [2.75, 3.05) is 18.0 Å². The number of fused-ring (bicyclic) bond motifs is 2. The largest absolute Gasteiger partial charge is 0.368 e. The van der Waals surface area contributed by atoms with E-state index in [2.05, 4.69) is 65.6 Å². The maximum absolute atomic E-state index is 3.68. The van der Waals surface area contributed by atoms with Crippen molar-refractivity contribution in [1.82, 2.24) is 5.32 Å². The molecule has 2 heterocycles. The Balaban J connectivity index is 1.71. The average Bonchev–Trinajstić information content (AvgIpc) is 2.75. The van der Waals surface area contributed by atoms with Gasteiger partial charge in [-0.3, -0.25) is 0 Å². The monoisotopic (exact) mass is 284 g/mol. The summed E-state index contributed by atoms with van der Waals surface area (Å²) in [6, 6.07) is 10.2. The van der Waals surface area contributed by atoms with Gasteiger partial charge in [0.25, 0.3) is 0 Å². The lowest BCUT2D eigenvalue weighted by Crippen LogP contribution is -2.51. The highest BCUT2D eigenvalue weighted by atomic mass is 28.3. The average molecular weight is 284 g/mol. The van der Waals surface area contributed by atoms with Crippen LogP contribution in [-0.2, 0) is 0 Å². The lowest BCUT2D eigenvalue weighted by Gasteiger charge is -2.34. The summed E-state index contributed by atoms with van der Waals surface area (Å²) in [5.74, 6) is 3.33. The maximum atomic E-state index is 3.68. The van der Waals surface area contributed by atoms with Crippen LogP contribution in [0.25, 0.3) is 0 Å². The predicted octanol–water partition coefficient (Wildman–Crippen LogP) is 2.86. The second-order valence-corrected chi connectivity index (χ2v) is 11.8. The van der Waals surface area contributed by atoms with E-state index in [1.807, 2.05) is 0 Å². The third-order valence-corrected chi connectivity index (χ3v) is 4.91. The van der Waals surface area contributed by atoms with E-state index in [9.17, 15) is 0 Å². The first-order valence-corrected chi connectivity index (χ1v) is 11.1. The molecule has 1 N–H and O–H groups in total. The second kappa shape index (κ2) is 5.27. The zero-order valence-corrected chi connectivity index (χ0v) is 13.7. The van der Waals surface area contributed by atoms with Crippen LogP contribution in [-0.4, -0.2) is 33.2 Å². The summed E-state index contributed by atoms with van der Waals surface area (Å²) < 4.78 is 0. The molecule has 2 aliphatic rings. The van der Waals surface area contributed by atoms with E-state index < -0.39 is 8.07 Å². The SMILES string of the molecule is C[Si](C)(C)C#Cc1ccc(N2CC3CCC(C2)N3)cc1. The molecular weight excluding hydrogens is 260 g/mol. The van der Waals surface area contributed by atoms with Gasteiger partial charge >= 0.3 is 0 Å². The highest BCUT2D eigenvalue weighted by Gasteiger charge is 2.31. The smallest absolute Gasteiger partial charge is 0.129 e. The van der Waals surface area contributed by atoms with Crippen molar-refractivity contribution >= 4 is 13.8 Å². The zero-order chi connectivity index (χ0) is 14.2. The van der Waals surface area contributed by atoms with Crippen LogP contribution >= 0.6 is 0 Å². The van der Waals surface area contributed by atoms with Gasteiger partial charge in [0.05, 0.1) is 0 Å². The Morgan fingerprint density at radius 3 is 2.20 bits per heavy atom. The van der Waals surface area contributed by atoms with Gasteiger partial charge in [-0.25, -0.2) is 0 Å². The molecule has 106 valence electrons. The summed E-state index contributed by atoms with van der Waals surface area (Å²) in [4.78, 5) is 2.52. The molecule has 2 atom stereocenters. The molecule has 2 unspecified atom stereocenters. The number of rotatable bonds is 1. The molecule has 2 saturated heterocycles. The molecule has 1 aromatic carbocycles. The maximum Gasteiger partial charge on any atom is 0.129 e. The van der Waals surface area contributed by atoms with Gasteiger partial charge in [0, 0.05) is 36.4 Å². The molecule has 0 spiro atoms. The summed E-state index contributed by atoms with van der Waals surface area (Å²) >= 11 is 0. The van der Waals surface area contributed by atoms with Crippen LogP contribution in [0.4, 0.5) is 5.69 Å². The Labute approximate surface area is 123 Å². The molecule has 0 radical (unpaired) electrons. The van der Waals surface area contributed by atoms with Gasteiger partial charge in [-0.2, -0.15) is 0 Å². The molecule has 20 heavy (non-hydrogen) atoms. The van der Waals surface area contributed by atoms with E-state index in [1.54, 1.807) is 0 Å². The highest BCUT2D eigenvalue weighted by molar-refractivity contribution is 6.83. The van der Waals surface area contributed by atoms with Gasteiger partial charge in [-0.1, -0.05) is 25.6 Å². The molecule has 0 aromatic heterocycles. The van der Waals surface area contributed by atoms with Crippen LogP contribution in [0.1, 0.15) is 18.4 Å². The van der Waals surface area contributed by atoms with Crippen molar-refractivity contribution in [3.8, 4) is 11.5 Å². The lowest BCUT2D eigenvalue weighted by molar-refractivity contribution is 0.466. The lowest BCUT2D eigenvalue weighted by atomic mass is 10.1. The molecular formula is C17H24N2Si. The standard InChI is InChI=1S/C17H24N2Si/c1-20(2,3)11-10-14-4-8-17(9-5-14)19-12-15-6-7-16(13-19)18-15/h4-5,8-9,15-16,18H,6-7,12-13H2,1-3H3. The zero-order valence-electron chi connectivity index (χ0n) is 12.7. The Kier molecular flexibility index (Phi) is 3.62. The second-order valence-electron chi connectivity index (χ2n) is 7.09. The molecule has 1 aromatic rings. The van der Waals surface area contributed by atoms with Crippen molar-refractivity contribution in [2.24, 2.45) is 0 Å². The van der Waals surface area contributed by atoms with Crippen molar-refractivity contribution in [2.45, 2.75) is 44.6 Å². The minimum Gasteiger partial charge on any atom is -0.368 e. The molecule has 2 nitrogen and oxygen atoms in total. The van der Waals surface area contributed by atoms with Gasteiger partial charge in [-0.15, -0.1) is 5.54 Å². The number of hydrogen-bond donors (Lipinski definition) is 1. The van der Waals surface area contributed by atoms with Crippen LogP contribution in [0.2, 0.25) is 19.6 Å². The topological polar surface area (TPSA) is 15.3 Å². The fourth-order valence-corrected chi connectivity index (χ4v) is 3.54. The van der Waals surface area contributed by atoms with Crippen LogP contribution < -0.4 is 10.2 Å². The first-order valence-electron chi connectivity index (χ1n) is 7.64. The molecule has 2 bridgehead atoms. The number of piperazine rings is 1. The van der Waals surface area contributed by atoms with Crippen molar-refractivity contribution in [3.63, 3.8) is 0 Å². The van der Waals surface area contributed by atoms with Crippen LogP contribution in [0.15, 0.2) is 24.3 Å². The molecule has 2 aliphatic heterocycles. The van der Waals surface area contributed by atoms with Crippen molar-refractivity contribution in [1.29, 1.82) is 0 Å². The molecule has 3 heteroatoms. The summed E-state index contributed by atoms with van der Waals surface area (Å²) in [7, 11) is -1.28. The number of benzene rings is 1.